The first-order valence-corrected chi connectivity index (χ1v) is 11.6. The van der Waals surface area contributed by atoms with Gasteiger partial charge < -0.3 is 19.7 Å². The second-order valence-corrected chi connectivity index (χ2v) is 9.32. The van der Waals surface area contributed by atoms with Crippen LogP contribution < -0.4 is 14.8 Å². The maximum Gasteiger partial charge on any atom is 0.251 e. The molecule has 0 bridgehead atoms. The number of amides is 2. The first-order valence-electron chi connectivity index (χ1n) is 10.8. The van der Waals surface area contributed by atoms with Crippen molar-refractivity contribution in [1.82, 2.24) is 10.2 Å². The molecule has 0 radical (unpaired) electrons. The summed E-state index contributed by atoms with van der Waals surface area (Å²) in [4.78, 5) is 27.3. The highest BCUT2D eigenvalue weighted by molar-refractivity contribution is 9.10. The first-order chi connectivity index (χ1) is 15.1. The van der Waals surface area contributed by atoms with Crippen LogP contribution >= 0.6 is 15.9 Å². The van der Waals surface area contributed by atoms with Gasteiger partial charge in [-0.05, 0) is 61.1 Å². The first kappa shape index (κ1) is 20.4. The van der Waals surface area contributed by atoms with Crippen LogP contribution in [0.15, 0.2) is 40.9 Å². The summed E-state index contributed by atoms with van der Waals surface area (Å²) >= 11 is 3.57. The van der Waals surface area contributed by atoms with Gasteiger partial charge in [0.2, 0.25) is 5.91 Å². The van der Waals surface area contributed by atoms with E-state index in [-0.39, 0.29) is 11.8 Å². The number of carbonyl (C=O) groups excluding carboxylic acids is 2. The summed E-state index contributed by atoms with van der Waals surface area (Å²) in [6.45, 7) is 1.61. The SMILES string of the molecule is O=C(NC1CC1)c1ccc(CN(C(=O)Cc2cc3c(cc2Br)OCCO3)C2CC2)cc1. The molecule has 2 amide bonds. The third-order valence-corrected chi connectivity index (χ3v) is 6.58. The molecule has 0 unspecified atom stereocenters. The molecule has 1 N–H and O–H groups in total. The van der Waals surface area contributed by atoms with Gasteiger partial charge in [-0.3, -0.25) is 9.59 Å². The van der Waals surface area contributed by atoms with Gasteiger partial charge in [-0.2, -0.15) is 0 Å². The molecule has 162 valence electrons. The van der Waals surface area contributed by atoms with Crippen LogP contribution in [-0.4, -0.2) is 42.0 Å². The molecule has 0 aromatic heterocycles. The molecule has 1 aliphatic heterocycles. The van der Waals surface area contributed by atoms with Gasteiger partial charge in [-0.25, -0.2) is 0 Å². The molecule has 0 saturated heterocycles. The predicted molar refractivity (Wildman–Crippen MR) is 119 cm³/mol. The molecule has 2 saturated carbocycles. The van der Waals surface area contributed by atoms with E-state index in [1.54, 1.807) is 0 Å². The lowest BCUT2D eigenvalue weighted by molar-refractivity contribution is -0.131. The third kappa shape index (κ3) is 4.87. The topological polar surface area (TPSA) is 67.9 Å². The van der Waals surface area contributed by atoms with Gasteiger partial charge in [0.15, 0.2) is 11.5 Å². The molecular formula is C24H25BrN2O4. The number of halogens is 1. The van der Waals surface area contributed by atoms with Crippen LogP contribution in [0.3, 0.4) is 0 Å². The van der Waals surface area contributed by atoms with Gasteiger partial charge in [0.05, 0.1) is 6.42 Å². The molecule has 2 aromatic carbocycles. The van der Waals surface area contributed by atoms with Gasteiger partial charge >= 0.3 is 0 Å². The Bertz CT molecular complexity index is 999. The Kier molecular flexibility index (Phi) is 5.61. The number of rotatable bonds is 7. The summed E-state index contributed by atoms with van der Waals surface area (Å²) in [6, 6.07) is 12.0. The van der Waals surface area contributed by atoms with Crippen molar-refractivity contribution in [3.8, 4) is 11.5 Å². The van der Waals surface area contributed by atoms with Gasteiger partial charge in [-0.15, -0.1) is 0 Å². The number of benzene rings is 2. The highest BCUT2D eigenvalue weighted by atomic mass is 79.9. The number of nitrogens with zero attached hydrogens (tertiary/aromatic N) is 1. The largest absolute Gasteiger partial charge is 0.486 e. The van der Waals surface area contributed by atoms with Gasteiger partial charge in [0, 0.05) is 28.7 Å². The molecular weight excluding hydrogens is 460 g/mol. The molecule has 3 aliphatic rings. The number of nitrogens with one attached hydrogen (secondary N) is 1. The lowest BCUT2D eigenvalue weighted by atomic mass is 10.1. The van der Waals surface area contributed by atoms with E-state index in [9.17, 15) is 9.59 Å². The second-order valence-electron chi connectivity index (χ2n) is 8.46. The molecule has 0 atom stereocenters. The third-order valence-electron chi connectivity index (χ3n) is 5.84. The zero-order valence-electron chi connectivity index (χ0n) is 17.2. The standard InChI is InChI=1S/C24H25BrN2O4/c25-20-13-22-21(30-9-10-31-22)11-17(20)12-23(28)27(19-7-8-19)14-15-1-3-16(4-2-15)24(29)26-18-5-6-18/h1-4,11,13,18-19H,5-10,12,14H2,(H,26,29). The Hall–Kier alpha value is -2.54. The summed E-state index contributed by atoms with van der Waals surface area (Å²) < 4.78 is 12.1. The summed E-state index contributed by atoms with van der Waals surface area (Å²) in [5, 5.41) is 3.00. The van der Waals surface area contributed by atoms with Gasteiger partial charge in [-0.1, -0.05) is 28.1 Å². The minimum absolute atomic E-state index is 0.0207. The quantitative estimate of drug-likeness (QED) is 0.647. The van der Waals surface area contributed by atoms with Crippen molar-refractivity contribution in [3.05, 3.63) is 57.6 Å². The maximum atomic E-state index is 13.2. The Morgan fingerprint density at radius 2 is 1.68 bits per heavy atom. The van der Waals surface area contributed by atoms with Crippen molar-refractivity contribution in [1.29, 1.82) is 0 Å². The monoisotopic (exact) mass is 484 g/mol. The Balaban J connectivity index is 1.26. The van der Waals surface area contributed by atoms with E-state index >= 15 is 0 Å². The lowest BCUT2D eigenvalue weighted by Crippen LogP contribution is -2.34. The van der Waals surface area contributed by atoms with E-state index < -0.39 is 0 Å². The minimum atomic E-state index is -0.0207. The van der Waals surface area contributed by atoms with E-state index in [1.807, 2.05) is 41.3 Å². The molecule has 5 rings (SSSR count). The Morgan fingerprint density at radius 1 is 1.00 bits per heavy atom. The van der Waals surface area contributed by atoms with Crippen LogP contribution in [-0.2, 0) is 17.8 Å². The zero-order chi connectivity index (χ0) is 21.4. The van der Waals surface area contributed by atoms with E-state index in [2.05, 4.69) is 21.2 Å². The van der Waals surface area contributed by atoms with Crippen LogP contribution in [0.2, 0.25) is 0 Å². The van der Waals surface area contributed by atoms with Crippen molar-refractivity contribution in [2.75, 3.05) is 13.2 Å². The molecule has 0 spiro atoms. The van der Waals surface area contributed by atoms with E-state index in [0.717, 1.165) is 41.3 Å². The smallest absolute Gasteiger partial charge is 0.251 e. The van der Waals surface area contributed by atoms with E-state index in [4.69, 9.17) is 9.47 Å². The fraction of sp³-hybridized carbons (Fsp3) is 0.417. The zero-order valence-corrected chi connectivity index (χ0v) is 18.8. The number of hydrogen-bond donors (Lipinski definition) is 1. The van der Waals surface area contributed by atoms with Crippen LogP contribution in [0.1, 0.15) is 47.2 Å². The highest BCUT2D eigenvalue weighted by Gasteiger charge is 2.33. The van der Waals surface area contributed by atoms with Crippen molar-refractivity contribution >= 4 is 27.7 Å². The molecule has 7 heteroatoms. The molecule has 2 fully saturated rings. The summed E-state index contributed by atoms with van der Waals surface area (Å²) in [7, 11) is 0. The minimum Gasteiger partial charge on any atom is -0.486 e. The Labute approximate surface area is 190 Å². The van der Waals surface area contributed by atoms with E-state index in [1.165, 1.54) is 0 Å². The van der Waals surface area contributed by atoms with Crippen molar-refractivity contribution in [3.63, 3.8) is 0 Å². The van der Waals surface area contributed by atoms with Crippen LogP contribution in [0, 0.1) is 0 Å². The summed E-state index contributed by atoms with van der Waals surface area (Å²) in [5.41, 5.74) is 2.59. The molecule has 1 heterocycles. The van der Waals surface area contributed by atoms with Crippen molar-refractivity contribution in [2.45, 2.75) is 50.7 Å². The average molecular weight is 485 g/mol. The number of fused-ring (bicyclic) bond motifs is 1. The molecule has 6 nitrogen and oxygen atoms in total. The molecule has 2 aromatic rings. The van der Waals surface area contributed by atoms with Crippen molar-refractivity contribution in [2.24, 2.45) is 0 Å². The van der Waals surface area contributed by atoms with Crippen LogP contribution in [0.5, 0.6) is 11.5 Å². The average Bonchev–Trinajstić information content (AvgIpc) is 3.68. The van der Waals surface area contributed by atoms with Gasteiger partial charge in [0.1, 0.15) is 13.2 Å². The summed E-state index contributed by atoms with van der Waals surface area (Å²) in [6.07, 6.45) is 4.52. The van der Waals surface area contributed by atoms with Gasteiger partial charge in [0.25, 0.3) is 5.91 Å². The lowest BCUT2D eigenvalue weighted by Gasteiger charge is -2.24. The maximum absolute atomic E-state index is 13.2. The van der Waals surface area contributed by atoms with Crippen LogP contribution in [0.25, 0.3) is 0 Å². The van der Waals surface area contributed by atoms with Crippen LogP contribution in [0.4, 0.5) is 0 Å². The summed E-state index contributed by atoms with van der Waals surface area (Å²) in [5.74, 6) is 1.47. The number of hydrogen-bond acceptors (Lipinski definition) is 4. The normalized spacial score (nSPS) is 17.2. The Morgan fingerprint density at radius 3 is 2.32 bits per heavy atom. The van der Waals surface area contributed by atoms with Crippen molar-refractivity contribution < 1.29 is 19.1 Å². The number of ether oxygens (including phenoxy) is 2. The number of carbonyl (C=O) groups is 2. The molecule has 31 heavy (non-hydrogen) atoms. The molecule has 2 aliphatic carbocycles. The fourth-order valence-corrected chi connectivity index (χ4v) is 4.23. The highest BCUT2D eigenvalue weighted by Crippen LogP contribution is 2.36. The second kappa shape index (κ2) is 8.54. The fourth-order valence-electron chi connectivity index (χ4n) is 3.77. The van der Waals surface area contributed by atoms with E-state index in [0.29, 0.717) is 55.3 Å². The predicted octanol–water partition coefficient (Wildman–Crippen LogP) is 3.85.